The number of carbonyl (C=O) groups is 2. The van der Waals surface area contributed by atoms with Crippen LogP contribution in [0.15, 0.2) is 29.2 Å². The summed E-state index contributed by atoms with van der Waals surface area (Å²) in [5.41, 5.74) is 0. The van der Waals surface area contributed by atoms with E-state index >= 15 is 0 Å². The number of benzene rings is 1. The Kier molecular flexibility index (Phi) is 6.08. The third-order valence-electron chi connectivity index (χ3n) is 3.80. The van der Waals surface area contributed by atoms with Crippen molar-refractivity contribution in [1.29, 1.82) is 0 Å². The number of halogens is 1. The van der Waals surface area contributed by atoms with E-state index in [0.29, 0.717) is 5.82 Å². The second-order valence-corrected chi connectivity index (χ2v) is 8.07. The maximum Gasteiger partial charge on any atom is 0.324 e. The van der Waals surface area contributed by atoms with Crippen molar-refractivity contribution in [3.63, 3.8) is 0 Å². The molecular formula is C16H19FN6O5S. The fourth-order valence-corrected chi connectivity index (χ4v) is 3.48. The molecule has 1 aromatic heterocycles. The lowest BCUT2D eigenvalue weighted by molar-refractivity contribution is -0.118. The van der Waals surface area contributed by atoms with Gasteiger partial charge in [-0.25, -0.2) is 27.3 Å². The van der Waals surface area contributed by atoms with Crippen LogP contribution in [0, 0.1) is 0 Å². The Hall–Kier alpha value is -3.06. The SMILES string of the molecule is CC(F)COc1cccc(S(=O)(=O)NCc2n[nH]c(CN3CC(=O)NC3=O)n2)c1. The largest absolute Gasteiger partial charge is 0.491 e. The lowest BCUT2D eigenvalue weighted by Gasteiger charge is -2.10. The smallest absolute Gasteiger partial charge is 0.324 e. The summed E-state index contributed by atoms with van der Waals surface area (Å²) in [5, 5.41) is 8.63. The molecule has 3 N–H and O–H groups in total. The number of rotatable bonds is 9. The number of hydrogen-bond acceptors (Lipinski definition) is 7. The van der Waals surface area contributed by atoms with Crippen LogP contribution in [0.5, 0.6) is 5.75 Å². The number of ether oxygens (including phenoxy) is 1. The number of aromatic amines is 1. The predicted molar refractivity (Wildman–Crippen MR) is 96.9 cm³/mol. The average Bonchev–Trinajstić information content (AvgIpc) is 3.24. The van der Waals surface area contributed by atoms with Gasteiger partial charge < -0.3 is 9.64 Å². The molecule has 29 heavy (non-hydrogen) atoms. The molecule has 1 atom stereocenters. The van der Waals surface area contributed by atoms with Crippen LogP contribution < -0.4 is 14.8 Å². The highest BCUT2D eigenvalue weighted by atomic mass is 32.2. The zero-order chi connectivity index (χ0) is 21.0. The number of urea groups is 1. The van der Waals surface area contributed by atoms with Gasteiger partial charge in [0.2, 0.25) is 15.9 Å². The van der Waals surface area contributed by atoms with Crippen LogP contribution in [0.3, 0.4) is 0 Å². The molecule has 1 aliphatic heterocycles. The van der Waals surface area contributed by atoms with Crippen molar-refractivity contribution < 1.29 is 27.1 Å². The number of hydrogen-bond donors (Lipinski definition) is 3. The summed E-state index contributed by atoms with van der Waals surface area (Å²) in [7, 11) is -3.89. The van der Waals surface area contributed by atoms with E-state index in [9.17, 15) is 22.4 Å². The number of H-pyrrole nitrogens is 1. The van der Waals surface area contributed by atoms with Crippen LogP contribution in [0.4, 0.5) is 9.18 Å². The van der Waals surface area contributed by atoms with Gasteiger partial charge in [-0.15, -0.1) is 0 Å². The van der Waals surface area contributed by atoms with Gasteiger partial charge in [0.25, 0.3) is 0 Å². The maximum absolute atomic E-state index is 12.9. The first kappa shape index (κ1) is 20.7. The average molecular weight is 426 g/mol. The lowest BCUT2D eigenvalue weighted by atomic mass is 10.3. The van der Waals surface area contributed by atoms with Gasteiger partial charge in [0, 0.05) is 6.07 Å². The van der Waals surface area contributed by atoms with Crippen molar-refractivity contribution in [3.05, 3.63) is 35.9 Å². The number of sulfonamides is 1. The van der Waals surface area contributed by atoms with Crippen LogP contribution in [0.25, 0.3) is 0 Å². The van der Waals surface area contributed by atoms with Crippen LogP contribution in [0.2, 0.25) is 0 Å². The normalized spacial score (nSPS) is 15.4. The third kappa shape index (κ3) is 5.48. The van der Waals surface area contributed by atoms with E-state index in [-0.39, 0.29) is 42.7 Å². The summed E-state index contributed by atoms with van der Waals surface area (Å²) in [6.07, 6.45) is -1.18. The van der Waals surface area contributed by atoms with Crippen LogP contribution in [-0.4, -0.2) is 59.8 Å². The van der Waals surface area contributed by atoms with Gasteiger partial charge in [0.15, 0.2) is 5.82 Å². The van der Waals surface area contributed by atoms with Gasteiger partial charge in [-0.05, 0) is 19.1 Å². The van der Waals surface area contributed by atoms with Crippen LogP contribution >= 0.6 is 0 Å². The molecule has 156 valence electrons. The Morgan fingerprint density at radius 3 is 2.86 bits per heavy atom. The molecule has 0 radical (unpaired) electrons. The molecule has 0 saturated carbocycles. The zero-order valence-electron chi connectivity index (χ0n) is 15.4. The molecule has 3 amide bonds. The molecule has 1 fully saturated rings. The second-order valence-electron chi connectivity index (χ2n) is 6.30. The summed E-state index contributed by atoms with van der Waals surface area (Å²) in [6.45, 7) is 0.903. The number of imide groups is 1. The number of carbonyl (C=O) groups excluding carboxylic acids is 2. The number of alkyl halides is 1. The molecule has 13 heteroatoms. The molecule has 2 aromatic rings. The first-order chi connectivity index (χ1) is 13.7. The number of nitrogens with one attached hydrogen (secondary N) is 3. The first-order valence-electron chi connectivity index (χ1n) is 8.58. The molecular weight excluding hydrogens is 407 g/mol. The number of amides is 3. The highest BCUT2D eigenvalue weighted by molar-refractivity contribution is 7.89. The minimum absolute atomic E-state index is 0.0314. The lowest BCUT2D eigenvalue weighted by Crippen LogP contribution is -2.28. The Morgan fingerprint density at radius 1 is 1.38 bits per heavy atom. The van der Waals surface area contributed by atoms with E-state index < -0.39 is 28.1 Å². The van der Waals surface area contributed by atoms with Crippen LogP contribution in [0.1, 0.15) is 18.6 Å². The summed E-state index contributed by atoms with van der Waals surface area (Å²) in [6, 6.07) is 5.15. The molecule has 1 aromatic carbocycles. The van der Waals surface area contributed by atoms with E-state index in [1.807, 2.05) is 0 Å². The van der Waals surface area contributed by atoms with Gasteiger partial charge in [-0.2, -0.15) is 5.10 Å². The standard InChI is InChI=1S/C16H19FN6O5S/c1-10(17)9-28-11-3-2-4-12(5-11)29(26,27)18-6-13-19-14(22-21-13)7-23-8-15(24)20-16(23)25/h2-5,10,18H,6-9H2,1H3,(H,19,21,22)(H,20,24,25). The monoisotopic (exact) mass is 426 g/mol. The van der Waals surface area contributed by atoms with E-state index in [1.165, 1.54) is 36.1 Å². The fourth-order valence-electron chi connectivity index (χ4n) is 2.46. The molecule has 0 spiro atoms. The third-order valence-corrected chi connectivity index (χ3v) is 5.20. The molecule has 3 rings (SSSR count). The van der Waals surface area contributed by atoms with Crippen molar-refractivity contribution >= 4 is 22.0 Å². The Labute approximate surface area is 165 Å². The fraction of sp³-hybridized carbons (Fsp3) is 0.375. The minimum Gasteiger partial charge on any atom is -0.491 e. The van der Waals surface area contributed by atoms with Crippen molar-refractivity contribution in [2.75, 3.05) is 13.2 Å². The molecule has 0 aliphatic carbocycles. The zero-order valence-corrected chi connectivity index (χ0v) is 16.2. The molecule has 1 saturated heterocycles. The first-order valence-corrected chi connectivity index (χ1v) is 10.1. The van der Waals surface area contributed by atoms with Gasteiger partial charge in [0.05, 0.1) is 18.0 Å². The molecule has 1 unspecified atom stereocenters. The van der Waals surface area contributed by atoms with E-state index in [0.717, 1.165) is 0 Å². The Bertz CT molecular complexity index is 1010. The number of nitrogens with zero attached hydrogens (tertiary/aromatic N) is 3. The van der Waals surface area contributed by atoms with Gasteiger partial charge >= 0.3 is 6.03 Å². The van der Waals surface area contributed by atoms with E-state index in [4.69, 9.17) is 4.74 Å². The van der Waals surface area contributed by atoms with Gasteiger partial charge in [-0.1, -0.05) is 6.07 Å². The maximum atomic E-state index is 12.9. The molecule has 2 heterocycles. The quantitative estimate of drug-likeness (QED) is 0.481. The molecule has 11 nitrogen and oxygen atoms in total. The summed E-state index contributed by atoms with van der Waals surface area (Å²) >= 11 is 0. The molecule has 0 bridgehead atoms. The minimum atomic E-state index is -3.89. The Balaban J connectivity index is 1.59. The van der Waals surface area contributed by atoms with Crippen molar-refractivity contribution in [2.24, 2.45) is 0 Å². The van der Waals surface area contributed by atoms with Gasteiger partial charge in [0.1, 0.15) is 30.9 Å². The van der Waals surface area contributed by atoms with Crippen molar-refractivity contribution in [1.82, 2.24) is 30.1 Å². The van der Waals surface area contributed by atoms with Crippen molar-refractivity contribution in [3.8, 4) is 5.75 Å². The summed E-state index contributed by atoms with van der Waals surface area (Å²) in [5.74, 6) is 0.290. The van der Waals surface area contributed by atoms with E-state index in [2.05, 4.69) is 25.2 Å². The highest BCUT2D eigenvalue weighted by Crippen LogP contribution is 2.18. The second kappa shape index (κ2) is 8.53. The molecule has 1 aliphatic rings. The van der Waals surface area contributed by atoms with Crippen LogP contribution in [-0.2, 0) is 27.9 Å². The topological polar surface area (TPSA) is 146 Å². The predicted octanol–water partition coefficient (Wildman–Crippen LogP) is 0.0718. The van der Waals surface area contributed by atoms with Crippen molar-refractivity contribution in [2.45, 2.75) is 31.1 Å². The highest BCUT2D eigenvalue weighted by Gasteiger charge is 2.27. The van der Waals surface area contributed by atoms with E-state index in [1.54, 1.807) is 0 Å². The van der Waals surface area contributed by atoms with Gasteiger partial charge in [-0.3, -0.25) is 15.2 Å². The summed E-state index contributed by atoms with van der Waals surface area (Å²) < 4.78 is 45.3. The Morgan fingerprint density at radius 2 is 2.17 bits per heavy atom. The number of aromatic nitrogens is 3. The summed E-state index contributed by atoms with van der Waals surface area (Å²) in [4.78, 5) is 28.0.